The highest BCUT2D eigenvalue weighted by Crippen LogP contribution is 2.41. The molecule has 2 heterocycles. The summed E-state index contributed by atoms with van der Waals surface area (Å²) in [6, 6.07) is 5.28. The van der Waals surface area contributed by atoms with Crippen molar-refractivity contribution in [2.24, 2.45) is 0 Å². The second kappa shape index (κ2) is 11.9. The minimum Gasteiger partial charge on any atom is -0.543 e. The number of halogens is 1. The van der Waals surface area contributed by atoms with Crippen LogP contribution >= 0.6 is 15.9 Å². The maximum absolute atomic E-state index is 11.8. The van der Waals surface area contributed by atoms with Crippen LogP contribution in [-0.2, 0) is 32.1 Å². The first-order valence-electron chi connectivity index (χ1n) is 12.2. The van der Waals surface area contributed by atoms with Crippen LogP contribution in [0.15, 0.2) is 28.9 Å². The number of hydrogen-bond acceptors (Lipinski definition) is 8. The Kier molecular flexibility index (Phi) is 9.35. The number of carboxylic acid groups (broad SMARTS) is 1. The molecule has 2 atom stereocenters. The van der Waals surface area contributed by atoms with Gasteiger partial charge in [0.1, 0.15) is 24.2 Å². The predicted molar refractivity (Wildman–Crippen MR) is 143 cm³/mol. The summed E-state index contributed by atoms with van der Waals surface area (Å²) < 4.78 is 24.0. The van der Waals surface area contributed by atoms with E-state index in [-0.39, 0.29) is 24.2 Å². The Hall–Kier alpha value is -2.50. The standard InChI is InChI=1S/C26H35BrN2O7Si/c1-16(30)35-23(25(31)32)13-17-12-22(36-37(5,6)26(2,3)4)19(27)14-21(17)34-15-18-9-10-28-24(29-18)20-8-7-11-33-20/h9-10,12,14,20,23H,7-8,11,13,15H2,1-6H3,(H,31,32). The summed E-state index contributed by atoms with van der Waals surface area (Å²) in [7, 11) is -2.20. The molecule has 0 spiro atoms. The second-order valence-corrected chi connectivity index (χ2v) is 16.2. The number of aliphatic carboxylic acids is 1. The third kappa shape index (κ3) is 7.75. The number of hydrogen-bond donors (Lipinski definition) is 1. The maximum atomic E-state index is 11.8. The lowest BCUT2D eigenvalue weighted by atomic mass is 10.1. The van der Waals surface area contributed by atoms with Gasteiger partial charge in [-0.3, -0.25) is 4.79 Å². The lowest BCUT2D eigenvalue weighted by Crippen LogP contribution is -2.44. The van der Waals surface area contributed by atoms with Crippen LogP contribution in [0.25, 0.3) is 0 Å². The predicted octanol–water partition coefficient (Wildman–Crippen LogP) is 5.61. The molecule has 1 aromatic heterocycles. The number of benzene rings is 1. The van der Waals surface area contributed by atoms with Crippen LogP contribution in [0.2, 0.25) is 18.1 Å². The molecular weight excluding hydrogens is 560 g/mol. The van der Waals surface area contributed by atoms with E-state index in [4.69, 9.17) is 18.6 Å². The van der Waals surface area contributed by atoms with Gasteiger partial charge in [-0.1, -0.05) is 20.8 Å². The van der Waals surface area contributed by atoms with E-state index in [1.807, 2.05) is 0 Å². The molecule has 1 N–H and O–H groups in total. The summed E-state index contributed by atoms with van der Waals surface area (Å²) in [4.78, 5) is 32.3. The first-order chi connectivity index (χ1) is 17.3. The highest BCUT2D eigenvalue weighted by atomic mass is 79.9. The summed E-state index contributed by atoms with van der Waals surface area (Å²) in [5.74, 6) is -0.270. The number of esters is 1. The summed E-state index contributed by atoms with van der Waals surface area (Å²) in [5.41, 5.74) is 1.21. The molecule has 1 aliphatic rings. The Morgan fingerprint density at radius 2 is 2.00 bits per heavy atom. The van der Waals surface area contributed by atoms with Crippen molar-refractivity contribution in [3.05, 3.63) is 46.0 Å². The Morgan fingerprint density at radius 3 is 2.59 bits per heavy atom. The van der Waals surface area contributed by atoms with E-state index in [1.165, 1.54) is 6.92 Å². The highest BCUT2D eigenvalue weighted by Gasteiger charge is 2.39. The van der Waals surface area contributed by atoms with Gasteiger partial charge in [0.05, 0.1) is 10.2 Å². The van der Waals surface area contributed by atoms with Crippen LogP contribution in [0.3, 0.4) is 0 Å². The van der Waals surface area contributed by atoms with E-state index >= 15 is 0 Å². The molecule has 0 aliphatic carbocycles. The number of nitrogens with zero attached hydrogens (tertiary/aromatic N) is 2. The van der Waals surface area contributed by atoms with Crippen LogP contribution < -0.4 is 9.16 Å². The third-order valence-electron chi connectivity index (χ3n) is 6.60. The lowest BCUT2D eigenvalue weighted by molar-refractivity contribution is -0.162. The minimum absolute atomic E-state index is 0.0448. The molecule has 202 valence electrons. The molecule has 1 saturated heterocycles. The fourth-order valence-electron chi connectivity index (χ4n) is 3.54. The molecule has 11 heteroatoms. The summed E-state index contributed by atoms with van der Waals surface area (Å²) in [6.45, 7) is 12.7. The number of carboxylic acids is 1. The van der Waals surface area contributed by atoms with E-state index in [0.717, 1.165) is 12.8 Å². The van der Waals surface area contributed by atoms with E-state index in [9.17, 15) is 14.7 Å². The zero-order valence-corrected chi connectivity index (χ0v) is 24.8. The third-order valence-corrected chi connectivity index (χ3v) is 11.6. The monoisotopic (exact) mass is 594 g/mol. The zero-order chi connectivity index (χ0) is 27.4. The summed E-state index contributed by atoms with van der Waals surface area (Å²) in [6.07, 6.45) is 1.96. The van der Waals surface area contributed by atoms with Crippen molar-refractivity contribution in [2.45, 2.75) is 83.9 Å². The van der Waals surface area contributed by atoms with Gasteiger partial charge >= 0.3 is 11.9 Å². The molecule has 2 aromatic rings. The molecule has 9 nitrogen and oxygen atoms in total. The van der Waals surface area contributed by atoms with Gasteiger partial charge in [0.2, 0.25) is 6.10 Å². The molecular formula is C26H35BrN2O7Si. The zero-order valence-electron chi connectivity index (χ0n) is 22.2. The number of carbonyl (C=O) groups excluding carboxylic acids is 1. The van der Waals surface area contributed by atoms with E-state index < -0.39 is 26.4 Å². The number of carbonyl (C=O) groups is 2. The SMILES string of the molecule is CC(=O)OC(Cc1cc(O[Si](C)(C)C(C)(C)C)c(Br)cc1OCc1ccnc(C2CCCO2)n1)C(=O)O. The number of aromatic nitrogens is 2. The van der Waals surface area contributed by atoms with Gasteiger partial charge in [-0.05, 0) is 65.1 Å². The largest absolute Gasteiger partial charge is 0.543 e. The van der Waals surface area contributed by atoms with E-state index in [2.05, 4.69) is 59.8 Å². The van der Waals surface area contributed by atoms with Gasteiger partial charge < -0.3 is 23.7 Å². The Labute approximate surface area is 227 Å². The molecule has 37 heavy (non-hydrogen) atoms. The molecule has 3 rings (SSSR count). The summed E-state index contributed by atoms with van der Waals surface area (Å²) in [5, 5.41) is 9.61. The van der Waals surface area contributed by atoms with Gasteiger partial charge in [-0.2, -0.15) is 0 Å². The molecule has 1 fully saturated rings. The first kappa shape index (κ1) is 29.1. The quantitative estimate of drug-likeness (QED) is 0.276. The minimum atomic E-state index is -2.20. The van der Waals surface area contributed by atoms with Crippen molar-refractivity contribution in [3.63, 3.8) is 0 Å². The Balaban J connectivity index is 1.91. The first-order valence-corrected chi connectivity index (χ1v) is 15.9. The molecule has 2 unspecified atom stereocenters. The fourth-order valence-corrected chi connectivity index (χ4v) is 5.12. The fraction of sp³-hybridized carbons (Fsp3) is 0.538. The van der Waals surface area contributed by atoms with Crippen molar-refractivity contribution in [3.8, 4) is 11.5 Å². The highest BCUT2D eigenvalue weighted by molar-refractivity contribution is 9.10. The van der Waals surface area contributed by atoms with Crippen LogP contribution in [0.4, 0.5) is 0 Å². The van der Waals surface area contributed by atoms with Crippen molar-refractivity contribution in [2.75, 3.05) is 6.61 Å². The van der Waals surface area contributed by atoms with Crippen molar-refractivity contribution >= 4 is 36.2 Å². The normalized spacial score (nSPS) is 16.8. The van der Waals surface area contributed by atoms with Crippen LogP contribution in [-0.4, -0.2) is 48.0 Å². The number of rotatable bonds is 10. The van der Waals surface area contributed by atoms with Gasteiger partial charge in [-0.15, -0.1) is 0 Å². The van der Waals surface area contributed by atoms with Gasteiger partial charge in [0.25, 0.3) is 8.32 Å². The van der Waals surface area contributed by atoms with Gasteiger partial charge in [0, 0.05) is 31.7 Å². The Morgan fingerprint density at radius 1 is 1.27 bits per heavy atom. The number of ether oxygens (including phenoxy) is 3. The average molecular weight is 596 g/mol. The molecule has 0 radical (unpaired) electrons. The maximum Gasteiger partial charge on any atom is 0.345 e. The smallest absolute Gasteiger partial charge is 0.345 e. The van der Waals surface area contributed by atoms with Crippen molar-refractivity contribution < 1.29 is 33.3 Å². The Bertz CT molecular complexity index is 1130. The van der Waals surface area contributed by atoms with Gasteiger partial charge in [-0.25, -0.2) is 14.8 Å². The lowest BCUT2D eigenvalue weighted by Gasteiger charge is -2.37. The summed E-state index contributed by atoms with van der Waals surface area (Å²) >= 11 is 3.59. The van der Waals surface area contributed by atoms with E-state index in [1.54, 1.807) is 24.4 Å². The van der Waals surface area contributed by atoms with E-state index in [0.29, 0.717) is 39.7 Å². The van der Waals surface area contributed by atoms with Crippen LogP contribution in [0, 0.1) is 0 Å². The average Bonchev–Trinajstić information content (AvgIpc) is 3.33. The molecule has 0 amide bonds. The van der Waals surface area contributed by atoms with Crippen LogP contribution in [0.5, 0.6) is 11.5 Å². The van der Waals surface area contributed by atoms with Crippen LogP contribution in [0.1, 0.15) is 63.7 Å². The van der Waals surface area contributed by atoms with Crippen molar-refractivity contribution in [1.29, 1.82) is 0 Å². The molecule has 1 aromatic carbocycles. The topological polar surface area (TPSA) is 117 Å². The molecule has 0 saturated carbocycles. The second-order valence-electron chi connectivity index (χ2n) is 10.6. The van der Waals surface area contributed by atoms with Gasteiger partial charge in [0.15, 0.2) is 5.82 Å². The molecule has 1 aliphatic heterocycles. The molecule has 0 bridgehead atoms. The van der Waals surface area contributed by atoms with Crippen molar-refractivity contribution in [1.82, 2.24) is 9.97 Å².